The van der Waals surface area contributed by atoms with Crippen LogP contribution in [-0.2, 0) is 14.3 Å². The van der Waals surface area contributed by atoms with Gasteiger partial charge in [0.1, 0.15) is 0 Å². The topological polar surface area (TPSA) is 35.5 Å². The van der Waals surface area contributed by atoms with Crippen LogP contribution in [0.4, 0.5) is 0 Å². The quantitative estimate of drug-likeness (QED) is 0.462. The third-order valence-electron chi connectivity index (χ3n) is 1.91. The van der Waals surface area contributed by atoms with E-state index in [-0.39, 0.29) is 12.1 Å². The van der Waals surface area contributed by atoms with Crippen LogP contribution in [0, 0.1) is 0 Å². The maximum Gasteiger partial charge on any atom is 0.333 e. The molecule has 68 valence electrons. The number of methoxy groups -OCH3 is 1. The van der Waals surface area contributed by atoms with Crippen LogP contribution in [0.15, 0.2) is 11.6 Å². The van der Waals surface area contributed by atoms with Crippen LogP contribution in [0.25, 0.3) is 0 Å². The molecule has 0 spiro atoms. The maximum absolute atomic E-state index is 11.0. The van der Waals surface area contributed by atoms with Gasteiger partial charge in [0.05, 0.1) is 13.2 Å². The molecule has 1 heterocycles. The molecule has 3 nitrogen and oxygen atoms in total. The molecule has 1 rings (SSSR count). The first-order valence-electron chi connectivity index (χ1n) is 4.12. The zero-order valence-electron chi connectivity index (χ0n) is 7.50. The lowest BCUT2D eigenvalue weighted by Crippen LogP contribution is -2.07. The number of carbonyl (C=O) groups excluding carboxylic acids is 1. The molecular formula is C9H14O3. The second-order valence-electron chi connectivity index (χ2n) is 2.89. The summed E-state index contributed by atoms with van der Waals surface area (Å²) in [4.78, 5) is 11.0. The molecule has 0 radical (unpaired) electrons. The van der Waals surface area contributed by atoms with E-state index in [1.54, 1.807) is 6.92 Å². The van der Waals surface area contributed by atoms with E-state index in [1.807, 2.05) is 6.08 Å². The van der Waals surface area contributed by atoms with Gasteiger partial charge in [0, 0.05) is 12.2 Å². The molecule has 0 N–H and O–H groups in total. The zero-order valence-corrected chi connectivity index (χ0v) is 7.50. The van der Waals surface area contributed by atoms with Gasteiger partial charge in [0.2, 0.25) is 0 Å². The van der Waals surface area contributed by atoms with Gasteiger partial charge >= 0.3 is 5.97 Å². The summed E-state index contributed by atoms with van der Waals surface area (Å²) >= 11 is 0. The molecule has 1 saturated heterocycles. The predicted molar refractivity (Wildman–Crippen MR) is 44.7 cm³/mol. The molecule has 1 aliphatic rings. The first kappa shape index (κ1) is 9.26. The van der Waals surface area contributed by atoms with E-state index in [9.17, 15) is 4.79 Å². The Hall–Kier alpha value is -0.830. The number of hydrogen-bond donors (Lipinski definition) is 0. The van der Waals surface area contributed by atoms with Crippen molar-refractivity contribution < 1.29 is 14.3 Å². The molecule has 0 aliphatic carbocycles. The normalized spacial score (nSPS) is 24.2. The van der Waals surface area contributed by atoms with Gasteiger partial charge in [0.25, 0.3) is 0 Å². The molecule has 12 heavy (non-hydrogen) atoms. The van der Waals surface area contributed by atoms with Crippen molar-refractivity contribution in [2.45, 2.75) is 25.9 Å². The SMILES string of the molecule is COC(=O)/C(C)=C/[C@@H]1CCCO1. The largest absolute Gasteiger partial charge is 0.466 e. The molecule has 0 bridgehead atoms. The van der Waals surface area contributed by atoms with Crippen molar-refractivity contribution in [1.29, 1.82) is 0 Å². The van der Waals surface area contributed by atoms with Crippen LogP contribution in [0.3, 0.4) is 0 Å². The lowest BCUT2D eigenvalue weighted by Gasteiger charge is -2.04. The van der Waals surface area contributed by atoms with E-state index in [2.05, 4.69) is 4.74 Å². The summed E-state index contributed by atoms with van der Waals surface area (Å²) in [5, 5.41) is 0. The summed E-state index contributed by atoms with van der Waals surface area (Å²) in [7, 11) is 1.38. The first-order valence-corrected chi connectivity index (χ1v) is 4.12. The Morgan fingerprint density at radius 1 is 1.67 bits per heavy atom. The number of carbonyl (C=O) groups is 1. The van der Waals surface area contributed by atoms with Gasteiger partial charge in [-0.25, -0.2) is 4.79 Å². The molecule has 1 atom stereocenters. The van der Waals surface area contributed by atoms with Gasteiger partial charge in [-0.1, -0.05) is 0 Å². The summed E-state index contributed by atoms with van der Waals surface area (Å²) < 4.78 is 9.89. The van der Waals surface area contributed by atoms with E-state index in [0.29, 0.717) is 5.57 Å². The Morgan fingerprint density at radius 3 is 2.92 bits per heavy atom. The fraction of sp³-hybridized carbons (Fsp3) is 0.667. The third-order valence-corrected chi connectivity index (χ3v) is 1.91. The van der Waals surface area contributed by atoms with Crippen molar-refractivity contribution in [2.75, 3.05) is 13.7 Å². The summed E-state index contributed by atoms with van der Waals surface area (Å²) in [5.74, 6) is -0.273. The lowest BCUT2D eigenvalue weighted by atomic mass is 10.2. The Kier molecular flexibility index (Phi) is 3.29. The van der Waals surface area contributed by atoms with Crippen LogP contribution in [-0.4, -0.2) is 25.8 Å². The zero-order chi connectivity index (χ0) is 8.97. The molecule has 0 unspecified atom stereocenters. The molecule has 3 heteroatoms. The van der Waals surface area contributed by atoms with Crippen molar-refractivity contribution >= 4 is 5.97 Å². The average molecular weight is 170 g/mol. The Bertz CT molecular complexity index is 190. The Balaban J connectivity index is 2.48. The molecule has 0 aromatic carbocycles. The van der Waals surface area contributed by atoms with E-state index in [4.69, 9.17) is 4.74 Å². The highest BCUT2D eigenvalue weighted by molar-refractivity contribution is 5.87. The number of hydrogen-bond acceptors (Lipinski definition) is 3. The van der Waals surface area contributed by atoms with Crippen LogP contribution in [0.2, 0.25) is 0 Å². The number of esters is 1. The standard InChI is InChI=1S/C9H14O3/c1-7(9(10)11-2)6-8-4-3-5-12-8/h6,8H,3-5H2,1-2H3/b7-6+/t8-/m0/s1. The molecule has 0 aromatic rings. The van der Waals surface area contributed by atoms with Gasteiger partial charge in [-0.3, -0.25) is 0 Å². The second kappa shape index (κ2) is 4.26. The van der Waals surface area contributed by atoms with Crippen LogP contribution < -0.4 is 0 Å². The molecule has 0 aromatic heterocycles. The summed E-state index contributed by atoms with van der Waals surface area (Å²) in [6.07, 6.45) is 4.03. The van der Waals surface area contributed by atoms with E-state index in [1.165, 1.54) is 7.11 Å². The molecule has 1 fully saturated rings. The fourth-order valence-corrected chi connectivity index (χ4v) is 1.24. The predicted octanol–water partition coefficient (Wildman–Crippen LogP) is 1.28. The summed E-state index contributed by atoms with van der Waals surface area (Å²) in [5.41, 5.74) is 0.629. The van der Waals surface area contributed by atoms with Gasteiger partial charge in [0.15, 0.2) is 0 Å². The number of rotatable bonds is 2. The highest BCUT2D eigenvalue weighted by atomic mass is 16.5. The summed E-state index contributed by atoms with van der Waals surface area (Å²) in [6, 6.07) is 0. The minimum atomic E-state index is -0.273. The molecule has 0 amide bonds. The fourth-order valence-electron chi connectivity index (χ4n) is 1.24. The minimum absolute atomic E-state index is 0.115. The van der Waals surface area contributed by atoms with E-state index in [0.717, 1.165) is 19.4 Å². The van der Waals surface area contributed by atoms with Crippen molar-refractivity contribution in [3.05, 3.63) is 11.6 Å². The van der Waals surface area contributed by atoms with Crippen molar-refractivity contribution in [2.24, 2.45) is 0 Å². The average Bonchev–Trinajstić information content (AvgIpc) is 2.55. The lowest BCUT2D eigenvalue weighted by molar-refractivity contribution is -0.136. The van der Waals surface area contributed by atoms with Gasteiger partial charge < -0.3 is 9.47 Å². The van der Waals surface area contributed by atoms with E-state index < -0.39 is 0 Å². The smallest absolute Gasteiger partial charge is 0.333 e. The molecular weight excluding hydrogens is 156 g/mol. The minimum Gasteiger partial charge on any atom is -0.466 e. The highest BCUT2D eigenvalue weighted by Gasteiger charge is 2.14. The highest BCUT2D eigenvalue weighted by Crippen LogP contribution is 2.14. The third kappa shape index (κ3) is 2.34. The van der Waals surface area contributed by atoms with Crippen molar-refractivity contribution in [1.82, 2.24) is 0 Å². The number of ether oxygens (including phenoxy) is 2. The van der Waals surface area contributed by atoms with Crippen LogP contribution in [0.1, 0.15) is 19.8 Å². The van der Waals surface area contributed by atoms with Crippen molar-refractivity contribution in [3.63, 3.8) is 0 Å². The van der Waals surface area contributed by atoms with Crippen LogP contribution in [0.5, 0.6) is 0 Å². The molecule has 0 saturated carbocycles. The maximum atomic E-state index is 11.0. The summed E-state index contributed by atoms with van der Waals surface area (Å²) in [6.45, 7) is 2.54. The molecule has 1 aliphatic heterocycles. The first-order chi connectivity index (χ1) is 5.74. The van der Waals surface area contributed by atoms with Gasteiger partial charge in [-0.2, -0.15) is 0 Å². The Morgan fingerprint density at radius 2 is 2.42 bits per heavy atom. The van der Waals surface area contributed by atoms with Crippen LogP contribution >= 0.6 is 0 Å². The van der Waals surface area contributed by atoms with Crippen molar-refractivity contribution in [3.8, 4) is 0 Å². The van der Waals surface area contributed by atoms with Gasteiger partial charge in [-0.05, 0) is 25.8 Å². The van der Waals surface area contributed by atoms with E-state index >= 15 is 0 Å². The monoisotopic (exact) mass is 170 g/mol. The Labute approximate surface area is 72.4 Å². The second-order valence-corrected chi connectivity index (χ2v) is 2.89. The van der Waals surface area contributed by atoms with Gasteiger partial charge in [-0.15, -0.1) is 0 Å².